The lowest BCUT2D eigenvalue weighted by atomic mass is 10.00. The van der Waals surface area contributed by atoms with E-state index >= 15 is 0 Å². The largest absolute Gasteiger partial charge is 0.399 e. The zero-order chi connectivity index (χ0) is 25.5. The van der Waals surface area contributed by atoms with Crippen LogP contribution in [0.5, 0.6) is 0 Å². The zero-order valence-corrected chi connectivity index (χ0v) is 20.5. The van der Waals surface area contributed by atoms with E-state index in [-0.39, 0.29) is 30.9 Å². The van der Waals surface area contributed by atoms with Crippen molar-refractivity contribution in [1.82, 2.24) is 19.7 Å². The highest BCUT2D eigenvalue weighted by Crippen LogP contribution is 2.41. The van der Waals surface area contributed by atoms with Gasteiger partial charge in [-0.3, -0.25) is 14.3 Å². The van der Waals surface area contributed by atoms with Crippen LogP contribution in [0.1, 0.15) is 25.0 Å². The van der Waals surface area contributed by atoms with Crippen molar-refractivity contribution in [2.24, 2.45) is 11.7 Å². The van der Waals surface area contributed by atoms with E-state index in [1.54, 1.807) is 22.7 Å². The number of pyridine rings is 1. The Morgan fingerprint density at radius 2 is 2.00 bits per heavy atom. The number of nitrogens with zero attached hydrogens (tertiary/aromatic N) is 4. The zero-order valence-electron chi connectivity index (χ0n) is 19.7. The fourth-order valence-corrected chi connectivity index (χ4v) is 4.97. The van der Waals surface area contributed by atoms with Gasteiger partial charge in [0.05, 0.1) is 17.3 Å². The molecule has 3 aromatic rings. The van der Waals surface area contributed by atoms with Crippen LogP contribution >= 0.6 is 11.6 Å². The normalized spacial score (nSPS) is 19.9. The van der Waals surface area contributed by atoms with E-state index in [0.717, 1.165) is 48.0 Å². The number of likely N-dealkylation sites (tertiary alicyclic amines) is 1. The third kappa shape index (κ3) is 5.89. The number of hydrogen-bond acceptors (Lipinski definition) is 7. The average Bonchev–Trinajstić information content (AvgIpc) is 3.53. The molecule has 1 aliphatic heterocycles. The Kier molecular flexibility index (Phi) is 8.64. The van der Waals surface area contributed by atoms with Gasteiger partial charge < -0.3 is 26.5 Å². The number of benzene rings is 1. The van der Waals surface area contributed by atoms with Gasteiger partial charge in [-0.25, -0.2) is 4.98 Å². The second-order valence-electron chi connectivity index (χ2n) is 8.41. The molecular weight excluding hydrogens is 470 g/mol. The van der Waals surface area contributed by atoms with Crippen molar-refractivity contribution in [2.45, 2.75) is 44.8 Å². The molecule has 11 heteroatoms. The lowest BCUT2D eigenvalue weighted by molar-refractivity contribution is -0.139. The number of primary amides is 1. The Balaban J connectivity index is 0.000000238. The minimum atomic E-state index is -0.255. The van der Waals surface area contributed by atoms with Crippen LogP contribution in [0.25, 0.3) is 10.9 Å². The molecule has 3 heterocycles. The number of carbonyl (C=O) groups excluding carboxylic acids is 3. The third-order valence-electron chi connectivity index (χ3n) is 6.29. The van der Waals surface area contributed by atoms with Gasteiger partial charge in [-0.05, 0) is 62.4 Å². The van der Waals surface area contributed by atoms with Gasteiger partial charge in [0, 0.05) is 24.2 Å². The summed E-state index contributed by atoms with van der Waals surface area (Å²) < 4.78 is 1.71. The van der Waals surface area contributed by atoms with E-state index in [2.05, 4.69) is 21.1 Å². The molecule has 5 rings (SSSR count). The molecule has 0 radical (unpaired) electrons. The predicted molar refractivity (Wildman–Crippen MR) is 136 cm³/mol. The van der Waals surface area contributed by atoms with Gasteiger partial charge >= 0.3 is 0 Å². The lowest BCUT2D eigenvalue weighted by Crippen LogP contribution is -2.47. The van der Waals surface area contributed by atoms with Crippen LogP contribution in [0, 0.1) is 12.8 Å². The molecular formula is C24H30ClN7O3. The third-order valence-corrected chi connectivity index (χ3v) is 6.50. The monoisotopic (exact) mass is 499 g/mol. The molecule has 2 amide bonds. The molecule has 10 nitrogen and oxygen atoms in total. The van der Waals surface area contributed by atoms with E-state index in [1.807, 2.05) is 37.3 Å². The summed E-state index contributed by atoms with van der Waals surface area (Å²) in [4.78, 5) is 38.5. The number of anilines is 2. The second-order valence-corrected chi connectivity index (χ2v) is 8.79. The maximum absolute atomic E-state index is 12.8. The molecule has 1 saturated heterocycles. The van der Waals surface area contributed by atoms with Crippen molar-refractivity contribution in [3.63, 3.8) is 0 Å². The number of piperidine rings is 1. The van der Waals surface area contributed by atoms with E-state index in [4.69, 9.17) is 22.1 Å². The van der Waals surface area contributed by atoms with Crippen molar-refractivity contribution in [1.29, 1.82) is 0 Å². The molecule has 2 bridgehead atoms. The summed E-state index contributed by atoms with van der Waals surface area (Å²) in [6.45, 7) is 2.08. The average molecular weight is 500 g/mol. The molecule has 3 atom stereocenters. The molecule has 1 saturated carbocycles. The summed E-state index contributed by atoms with van der Waals surface area (Å²) in [7, 11) is 1.80. The number of aryl methyl sites for hydroxylation is 1. The van der Waals surface area contributed by atoms with Crippen molar-refractivity contribution in [3.05, 3.63) is 47.2 Å². The van der Waals surface area contributed by atoms with Crippen LogP contribution in [0.2, 0.25) is 5.15 Å². The summed E-state index contributed by atoms with van der Waals surface area (Å²) >= 11 is 5.57. The van der Waals surface area contributed by atoms with E-state index < -0.39 is 0 Å². The molecule has 2 aliphatic rings. The first-order chi connectivity index (χ1) is 16.8. The summed E-state index contributed by atoms with van der Waals surface area (Å²) in [5.74, 6) is 1.11. The summed E-state index contributed by atoms with van der Waals surface area (Å²) in [5.41, 5.74) is 12.4. The fraction of sp³-hybridized carbons (Fsp3) is 0.375. The van der Waals surface area contributed by atoms with Crippen molar-refractivity contribution in [3.8, 4) is 0 Å². The molecule has 1 aliphatic carbocycles. The van der Waals surface area contributed by atoms with Gasteiger partial charge in [-0.15, -0.1) is 0 Å². The van der Waals surface area contributed by atoms with E-state index in [9.17, 15) is 9.59 Å². The first kappa shape index (κ1) is 26.0. The van der Waals surface area contributed by atoms with Crippen molar-refractivity contribution >= 4 is 52.6 Å². The number of nitrogens with one attached hydrogen (secondary N) is 1. The van der Waals surface area contributed by atoms with Crippen LogP contribution in [-0.4, -0.2) is 57.4 Å². The highest BCUT2D eigenvalue weighted by molar-refractivity contribution is 6.29. The number of aldehydes is 1. The minimum absolute atomic E-state index is 0.0267. The minimum Gasteiger partial charge on any atom is -0.399 e. The van der Waals surface area contributed by atoms with E-state index in [0.29, 0.717) is 16.8 Å². The number of halogens is 1. The maximum Gasteiger partial charge on any atom is 0.245 e. The van der Waals surface area contributed by atoms with E-state index in [1.165, 1.54) is 0 Å². The van der Waals surface area contributed by atoms with Crippen LogP contribution in [0.15, 0.2) is 36.4 Å². The Hall–Kier alpha value is -3.66. The van der Waals surface area contributed by atoms with Crippen LogP contribution in [-0.2, 0) is 20.9 Å². The summed E-state index contributed by atoms with van der Waals surface area (Å²) in [6.07, 6.45) is 4.21. The maximum atomic E-state index is 12.8. The predicted octanol–water partition coefficient (Wildman–Crippen LogP) is 2.38. The number of hydrogen-bond donors (Lipinski definition) is 3. The fourth-order valence-electron chi connectivity index (χ4n) is 4.81. The Morgan fingerprint density at radius 1 is 1.26 bits per heavy atom. The molecule has 35 heavy (non-hydrogen) atoms. The van der Waals surface area contributed by atoms with Gasteiger partial charge in [0.1, 0.15) is 23.8 Å². The van der Waals surface area contributed by atoms with Crippen molar-refractivity contribution in [2.75, 3.05) is 18.1 Å². The topological polar surface area (TPSA) is 149 Å². The Bertz CT molecular complexity index is 1200. The quantitative estimate of drug-likeness (QED) is 0.283. The first-order valence-corrected chi connectivity index (χ1v) is 11.7. The Morgan fingerprint density at radius 3 is 2.63 bits per heavy atom. The van der Waals surface area contributed by atoms with Gasteiger partial charge in [-0.1, -0.05) is 17.7 Å². The number of rotatable bonds is 4. The smallest absolute Gasteiger partial charge is 0.245 e. The first-order valence-electron chi connectivity index (χ1n) is 11.3. The molecule has 5 N–H and O–H groups in total. The highest BCUT2D eigenvalue weighted by Gasteiger charge is 2.47. The van der Waals surface area contributed by atoms with Crippen LogP contribution in [0.3, 0.4) is 0 Å². The van der Waals surface area contributed by atoms with Crippen LogP contribution in [0.4, 0.5) is 11.5 Å². The van der Waals surface area contributed by atoms with Gasteiger partial charge in [-0.2, -0.15) is 5.10 Å². The number of fused-ring (bicyclic) bond motifs is 3. The molecule has 2 aromatic heterocycles. The van der Waals surface area contributed by atoms with Crippen LogP contribution < -0.4 is 16.8 Å². The van der Waals surface area contributed by atoms with Gasteiger partial charge in [0.15, 0.2) is 0 Å². The molecule has 0 spiro atoms. The molecule has 1 aromatic carbocycles. The second kappa shape index (κ2) is 11.7. The molecule has 186 valence electrons. The van der Waals surface area contributed by atoms with Gasteiger partial charge in [0.25, 0.3) is 0 Å². The summed E-state index contributed by atoms with van der Waals surface area (Å²) in [5, 5.41) is 8.87. The number of amides is 2. The van der Waals surface area contributed by atoms with Gasteiger partial charge in [0.2, 0.25) is 12.3 Å². The molecule has 3 unspecified atom stereocenters. The molecule has 2 fully saturated rings. The Labute approximate surface area is 208 Å². The SMILES string of the molecule is CNc1cccc(Cl)n1.Cc1nn(CC(=O)N2C3CCC(C3)C2C=O)c2cc(N)ccc12.NC=O. The lowest BCUT2D eigenvalue weighted by Gasteiger charge is -2.32. The number of nitrogens with two attached hydrogens (primary N) is 2. The highest BCUT2D eigenvalue weighted by atomic mass is 35.5. The van der Waals surface area contributed by atoms with Crippen molar-refractivity contribution < 1.29 is 14.4 Å². The number of aromatic nitrogens is 3. The number of nitrogen functional groups attached to an aromatic ring is 1. The standard InChI is InChI=1S/C17H20N4O2.C6H7ClN2.CH3NO/c1-10-14-5-3-12(18)7-15(14)20(19-10)8-17(23)21-13-4-2-11(6-13)16(21)9-22;1-8-6-4-2-3-5(7)9-6;2-1-3/h3,5,7,9,11,13,16H,2,4,6,8,18H2,1H3;2-4H,1H3,(H,8,9);1H,(H2,2,3). The summed E-state index contributed by atoms with van der Waals surface area (Å²) in [6, 6.07) is 11.0. The number of carbonyl (C=O) groups is 3.